The van der Waals surface area contributed by atoms with Crippen molar-refractivity contribution in [3.05, 3.63) is 45.4 Å². The van der Waals surface area contributed by atoms with E-state index in [2.05, 4.69) is 38.3 Å². The molecule has 1 fully saturated rings. The zero-order valence-electron chi connectivity index (χ0n) is 16.7. The molecule has 0 saturated heterocycles. The number of hydrogen-bond acceptors (Lipinski definition) is 4. The summed E-state index contributed by atoms with van der Waals surface area (Å²) in [5.41, 5.74) is 3.47. The SMILES string of the molecule is CCCN(Cc1csc(COc2ccc(C)c(C)c2)n1)C(=O)C1CCCC1. The van der Waals surface area contributed by atoms with Gasteiger partial charge < -0.3 is 9.64 Å². The molecule has 0 N–H and O–H groups in total. The van der Waals surface area contributed by atoms with Gasteiger partial charge in [0.2, 0.25) is 5.91 Å². The third-order valence-electron chi connectivity index (χ3n) is 5.30. The van der Waals surface area contributed by atoms with E-state index in [0.717, 1.165) is 42.3 Å². The molecule has 0 aliphatic heterocycles. The second-order valence-electron chi connectivity index (χ2n) is 7.51. The molecular formula is C22H30N2O2S. The highest BCUT2D eigenvalue weighted by Crippen LogP contribution is 2.27. The zero-order valence-corrected chi connectivity index (χ0v) is 17.5. The summed E-state index contributed by atoms with van der Waals surface area (Å²) in [4.78, 5) is 19.5. The number of ether oxygens (including phenoxy) is 1. The van der Waals surface area contributed by atoms with Crippen LogP contribution in [0.25, 0.3) is 0 Å². The van der Waals surface area contributed by atoms with Gasteiger partial charge in [0, 0.05) is 17.8 Å². The second-order valence-corrected chi connectivity index (χ2v) is 8.45. The lowest BCUT2D eigenvalue weighted by molar-refractivity contribution is -0.136. The Hall–Kier alpha value is -1.88. The first-order valence-electron chi connectivity index (χ1n) is 9.99. The molecule has 1 aromatic carbocycles. The molecule has 0 radical (unpaired) electrons. The standard InChI is InChI=1S/C22H30N2O2S/c1-4-11-24(22(25)18-7-5-6-8-18)13-19-15-27-21(23-19)14-26-20-10-9-16(2)17(3)12-20/h9-10,12,15,18H,4-8,11,13-14H2,1-3H3. The number of aromatic nitrogens is 1. The van der Waals surface area contributed by atoms with Crippen molar-refractivity contribution in [2.75, 3.05) is 6.54 Å². The maximum absolute atomic E-state index is 12.8. The minimum absolute atomic E-state index is 0.225. The van der Waals surface area contributed by atoms with Crippen LogP contribution >= 0.6 is 11.3 Å². The summed E-state index contributed by atoms with van der Waals surface area (Å²) >= 11 is 1.61. The van der Waals surface area contributed by atoms with E-state index >= 15 is 0 Å². The van der Waals surface area contributed by atoms with Crippen molar-refractivity contribution < 1.29 is 9.53 Å². The maximum Gasteiger partial charge on any atom is 0.226 e. The summed E-state index contributed by atoms with van der Waals surface area (Å²) in [6.45, 7) is 8.20. The number of benzene rings is 1. The number of rotatable bonds is 8. The van der Waals surface area contributed by atoms with Crippen molar-refractivity contribution in [3.63, 3.8) is 0 Å². The average Bonchev–Trinajstić information content (AvgIpc) is 3.34. The van der Waals surface area contributed by atoms with Gasteiger partial charge in [0.25, 0.3) is 0 Å². The molecule has 1 aliphatic carbocycles. The van der Waals surface area contributed by atoms with E-state index in [-0.39, 0.29) is 5.92 Å². The number of thiazole rings is 1. The fraction of sp³-hybridized carbons (Fsp3) is 0.545. The molecule has 1 heterocycles. The first kappa shape index (κ1) is 19.9. The van der Waals surface area contributed by atoms with E-state index in [9.17, 15) is 4.79 Å². The van der Waals surface area contributed by atoms with Crippen LogP contribution in [0, 0.1) is 19.8 Å². The second kappa shape index (κ2) is 9.36. The van der Waals surface area contributed by atoms with Crippen LogP contribution in [0.15, 0.2) is 23.6 Å². The lowest BCUT2D eigenvalue weighted by Gasteiger charge is -2.24. The zero-order chi connectivity index (χ0) is 19.2. The number of nitrogens with zero attached hydrogens (tertiary/aromatic N) is 2. The lowest BCUT2D eigenvalue weighted by Crippen LogP contribution is -2.35. The number of carbonyl (C=O) groups excluding carboxylic acids is 1. The van der Waals surface area contributed by atoms with Gasteiger partial charge in [-0.05, 0) is 56.4 Å². The third-order valence-corrected chi connectivity index (χ3v) is 6.17. The molecule has 0 bridgehead atoms. The Bertz CT molecular complexity index is 765. The van der Waals surface area contributed by atoms with E-state index in [1.165, 1.54) is 24.0 Å². The summed E-state index contributed by atoms with van der Waals surface area (Å²) in [5.74, 6) is 1.41. The van der Waals surface area contributed by atoms with Crippen LogP contribution < -0.4 is 4.74 Å². The van der Waals surface area contributed by atoms with Crippen LogP contribution in [0.3, 0.4) is 0 Å². The molecule has 0 atom stereocenters. The summed E-state index contributed by atoms with van der Waals surface area (Å²) in [6.07, 6.45) is 5.45. The van der Waals surface area contributed by atoms with Crippen molar-refractivity contribution >= 4 is 17.2 Å². The van der Waals surface area contributed by atoms with Crippen LogP contribution in [0.5, 0.6) is 5.75 Å². The molecule has 3 rings (SSSR count). The molecule has 1 amide bonds. The summed E-state index contributed by atoms with van der Waals surface area (Å²) in [6, 6.07) is 6.14. The van der Waals surface area contributed by atoms with Gasteiger partial charge in [0.15, 0.2) is 0 Å². The minimum atomic E-state index is 0.225. The predicted molar refractivity (Wildman–Crippen MR) is 110 cm³/mol. The molecule has 146 valence electrons. The first-order valence-corrected chi connectivity index (χ1v) is 10.9. The maximum atomic E-state index is 12.8. The van der Waals surface area contributed by atoms with E-state index in [4.69, 9.17) is 9.72 Å². The molecule has 1 aliphatic rings. The van der Waals surface area contributed by atoms with E-state index in [0.29, 0.717) is 19.1 Å². The molecule has 0 spiro atoms. The topological polar surface area (TPSA) is 42.4 Å². The highest BCUT2D eigenvalue weighted by molar-refractivity contribution is 7.09. The molecule has 2 aromatic rings. The Kier molecular flexibility index (Phi) is 6.89. The highest BCUT2D eigenvalue weighted by Gasteiger charge is 2.27. The molecule has 1 aromatic heterocycles. The van der Waals surface area contributed by atoms with E-state index < -0.39 is 0 Å². The van der Waals surface area contributed by atoms with Gasteiger partial charge in [0.1, 0.15) is 17.4 Å². The minimum Gasteiger partial charge on any atom is -0.486 e. The van der Waals surface area contributed by atoms with E-state index in [1.807, 2.05) is 11.0 Å². The summed E-state index contributed by atoms with van der Waals surface area (Å²) in [7, 11) is 0. The van der Waals surface area contributed by atoms with Crippen molar-refractivity contribution in [3.8, 4) is 5.75 Å². The van der Waals surface area contributed by atoms with Crippen LogP contribution in [0.1, 0.15) is 60.9 Å². The van der Waals surface area contributed by atoms with Crippen LogP contribution in [0.4, 0.5) is 0 Å². The van der Waals surface area contributed by atoms with Gasteiger partial charge in [0.05, 0.1) is 12.2 Å². The molecule has 5 heteroatoms. The quantitative estimate of drug-likeness (QED) is 0.621. The Morgan fingerprint density at radius 3 is 2.74 bits per heavy atom. The van der Waals surface area contributed by atoms with Crippen molar-refractivity contribution in [2.24, 2.45) is 5.92 Å². The first-order chi connectivity index (χ1) is 13.1. The molecule has 27 heavy (non-hydrogen) atoms. The number of aryl methyl sites for hydroxylation is 2. The number of carbonyl (C=O) groups is 1. The Morgan fingerprint density at radius 1 is 1.26 bits per heavy atom. The largest absolute Gasteiger partial charge is 0.486 e. The Balaban J connectivity index is 1.58. The highest BCUT2D eigenvalue weighted by atomic mass is 32.1. The fourth-order valence-corrected chi connectivity index (χ4v) is 4.30. The molecular weight excluding hydrogens is 356 g/mol. The third kappa shape index (κ3) is 5.32. The average molecular weight is 387 g/mol. The van der Waals surface area contributed by atoms with Gasteiger partial charge in [-0.1, -0.05) is 25.8 Å². The van der Waals surface area contributed by atoms with Gasteiger partial charge in [-0.25, -0.2) is 4.98 Å². The van der Waals surface area contributed by atoms with Gasteiger partial charge >= 0.3 is 0 Å². The van der Waals surface area contributed by atoms with Crippen molar-refractivity contribution in [2.45, 2.75) is 66.0 Å². The van der Waals surface area contributed by atoms with Crippen molar-refractivity contribution in [1.82, 2.24) is 9.88 Å². The van der Waals surface area contributed by atoms with Gasteiger partial charge in [-0.3, -0.25) is 4.79 Å². The molecule has 1 saturated carbocycles. The normalized spacial score (nSPS) is 14.5. The lowest BCUT2D eigenvalue weighted by atomic mass is 10.1. The van der Waals surface area contributed by atoms with Crippen molar-refractivity contribution in [1.29, 1.82) is 0 Å². The number of hydrogen-bond donors (Lipinski definition) is 0. The van der Waals surface area contributed by atoms with Crippen LogP contribution in [-0.2, 0) is 17.9 Å². The fourth-order valence-electron chi connectivity index (χ4n) is 3.60. The number of amides is 1. The van der Waals surface area contributed by atoms with Gasteiger partial charge in [-0.2, -0.15) is 0 Å². The van der Waals surface area contributed by atoms with E-state index in [1.54, 1.807) is 11.3 Å². The monoisotopic (exact) mass is 386 g/mol. The Labute approximate surface area is 166 Å². The summed E-state index contributed by atoms with van der Waals surface area (Å²) < 4.78 is 5.89. The van der Waals surface area contributed by atoms with Crippen LogP contribution in [-0.4, -0.2) is 22.3 Å². The van der Waals surface area contributed by atoms with Gasteiger partial charge in [-0.15, -0.1) is 11.3 Å². The Morgan fingerprint density at radius 2 is 2.04 bits per heavy atom. The molecule has 0 unspecified atom stereocenters. The van der Waals surface area contributed by atoms with Crippen LogP contribution in [0.2, 0.25) is 0 Å². The molecule has 4 nitrogen and oxygen atoms in total. The predicted octanol–water partition coefficient (Wildman–Crippen LogP) is 5.27. The smallest absolute Gasteiger partial charge is 0.226 e. The summed E-state index contributed by atoms with van der Waals surface area (Å²) in [5, 5.41) is 3.01.